The Balaban J connectivity index is 1.60. The summed E-state index contributed by atoms with van der Waals surface area (Å²) in [6.07, 6.45) is 2.35. The second-order valence-corrected chi connectivity index (χ2v) is 5.26. The number of benzene rings is 1. The van der Waals surface area contributed by atoms with Crippen LogP contribution in [0.3, 0.4) is 0 Å². The third-order valence-electron chi connectivity index (χ3n) is 3.94. The van der Waals surface area contributed by atoms with Crippen LogP contribution in [0.1, 0.15) is 18.7 Å². The molecule has 1 aliphatic rings. The number of aryl methyl sites for hydroxylation is 1. The molecule has 2 heterocycles. The van der Waals surface area contributed by atoms with Crippen LogP contribution in [-0.2, 0) is 18.3 Å². The minimum absolute atomic E-state index is 0.753. The Morgan fingerprint density at radius 2 is 2.11 bits per heavy atom. The molecule has 0 spiro atoms. The highest BCUT2D eigenvalue weighted by Crippen LogP contribution is 2.15. The van der Waals surface area contributed by atoms with E-state index in [4.69, 9.17) is 4.74 Å². The fourth-order valence-electron chi connectivity index (χ4n) is 2.69. The van der Waals surface area contributed by atoms with E-state index in [1.165, 1.54) is 18.4 Å². The number of nitrogens with one attached hydrogen (secondary N) is 1. The van der Waals surface area contributed by atoms with Gasteiger partial charge in [-0.25, -0.2) is 4.98 Å². The van der Waals surface area contributed by atoms with Gasteiger partial charge in [-0.05, 0) is 37.4 Å². The van der Waals surface area contributed by atoms with Gasteiger partial charge < -0.3 is 14.6 Å². The lowest BCUT2D eigenvalue weighted by atomic mass is 10.0. The lowest BCUT2D eigenvalue weighted by Gasteiger charge is -2.22. The third-order valence-corrected chi connectivity index (χ3v) is 3.94. The van der Waals surface area contributed by atoms with Crippen LogP contribution in [0.4, 0.5) is 0 Å². The fourth-order valence-corrected chi connectivity index (χ4v) is 2.69. The van der Waals surface area contributed by atoms with Crippen molar-refractivity contribution in [3.05, 3.63) is 30.1 Å². The lowest BCUT2D eigenvalue weighted by molar-refractivity contribution is 0.0662. The molecular weight excluding hydrogens is 238 g/mol. The first-order valence-electron chi connectivity index (χ1n) is 7.03. The van der Waals surface area contributed by atoms with Gasteiger partial charge >= 0.3 is 0 Å². The van der Waals surface area contributed by atoms with Gasteiger partial charge in [0.2, 0.25) is 0 Å². The molecule has 1 aromatic heterocycles. The van der Waals surface area contributed by atoms with E-state index in [1.807, 2.05) is 6.07 Å². The minimum Gasteiger partial charge on any atom is -0.381 e. The largest absolute Gasteiger partial charge is 0.381 e. The maximum Gasteiger partial charge on any atom is 0.123 e. The highest BCUT2D eigenvalue weighted by atomic mass is 16.5. The Morgan fingerprint density at radius 1 is 1.32 bits per heavy atom. The molecule has 0 amide bonds. The first kappa shape index (κ1) is 12.6. The van der Waals surface area contributed by atoms with Gasteiger partial charge in [0.15, 0.2) is 0 Å². The zero-order chi connectivity index (χ0) is 13.1. The molecule has 102 valence electrons. The predicted molar refractivity (Wildman–Crippen MR) is 76.0 cm³/mol. The maximum atomic E-state index is 5.38. The van der Waals surface area contributed by atoms with Crippen LogP contribution in [0, 0.1) is 5.92 Å². The lowest BCUT2D eigenvalue weighted by Crippen LogP contribution is -2.28. The highest BCUT2D eigenvalue weighted by molar-refractivity contribution is 5.75. The van der Waals surface area contributed by atoms with E-state index in [2.05, 4.69) is 40.1 Å². The van der Waals surface area contributed by atoms with E-state index in [1.54, 1.807) is 0 Å². The summed E-state index contributed by atoms with van der Waals surface area (Å²) < 4.78 is 7.55. The van der Waals surface area contributed by atoms with Crippen molar-refractivity contribution in [3.63, 3.8) is 0 Å². The number of para-hydroxylation sites is 2. The standard InChI is InChI=1S/C15H21N3O/c1-18-14-5-3-2-4-13(14)17-15(18)11-16-10-12-6-8-19-9-7-12/h2-5,12,16H,6-11H2,1H3. The van der Waals surface area contributed by atoms with Crippen molar-refractivity contribution < 1.29 is 4.74 Å². The van der Waals surface area contributed by atoms with E-state index in [0.717, 1.165) is 43.6 Å². The molecule has 19 heavy (non-hydrogen) atoms. The molecule has 0 unspecified atom stereocenters. The number of ether oxygens (including phenoxy) is 1. The third kappa shape index (κ3) is 2.80. The number of imidazole rings is 1. The van der Waals surface area contributed by atoms with E-state index in [0.29, 0.717) is 0 Å². The molecule has 1 saturated heterocycles. The minimum atomic E-state index is 0.753. The number of rotatable bonds is 4. The zero-order valence-corrected chi connectivity index (χ0v) is 11.4. The molecule has 0 saturated carbocycles. The summed E-state index contributed by atoms with van der Waals surface area (Å²) in [6.45, 7) is 3.73. The Kier molecular flexibility index (Phi) is 3.80. The summed E-state index contributed by atoms with van der Waals surface area (Å²) in [5.74, 6) is 1.86. The smallest absolute Gasteiger partial charge is 0.123 e. The van der Waals surface area contributed by atoms with E-state index < -0.39 is 0 Å². The number of aromatic nitrogens is 2. The molecule has 0 bridgehead atoms. The second-order valence-electron chi connectivity index (χ2n) is 5.26. The van der Waals surface area contributed by atoms with Gasteiger partial charge in [0.1, 0.15) is 5.82 Å². The van der Waals surface area contributed by atoms with E-state index in [9.17, 15) is 0 Å². The van der Waals surface area contributed by atoms with Crippen LogP contribution in [0.25, 0.3) is 11.0 Å². The molecule has 1 aromatic carbocycles. The Labute approximate surface area is 113 Å². The van der Waals surface area contributed by atoms with Crippen LogP contribution in [0.2, 0.25) is 0 Å². The summed E-state index contributed by atoms with van der Waals surface area (Å²) in [7, 11) is 2.08. The number of hydrogen-bond donors (Lipinski definition) is 1. The van der Waals surface area contributed by atoms with E-state index >= 15 is 0 Å². The molecule has 0 atom stereocenters. The van der Waals surface area contributed by atoms with Crippen LogP contribution in [-0.4, -0.2) is 29.3 Å². The zero-order valence-electron chi connectivity index (χ0n) is 11.4. The Bertz CT molecular complexity index is 543. The van der Waals surface area contributed by atoms with Gasteiger partial charge in [-0.1, -0.05) is 12.1 Å². The average Bonchev–Trinajstić information content (AvgIpc) is 2.78. The summed E-state index contributed by atoms with van der Waals surface area (Å²) in [5, 5.41) is 3.53. The van der Waals surface area contributed by atoms with Gasteiger partial charge in [0.05, 0.1) is 17.6 Å². The average molecular weight is 259 g/mol. The van der Waals surface area contributed by atoms with Gasteiger partial charge in [0, 0.05) is 20.3 Å². The van der Waals surface area contributed by atoms with E-state index in [-0.39, 0.29) is 0 Å². The molecular formula is C15H21N3O. The number of nitrogens with zero attached hydrogens (tertiary/aromatic N) is 2. The first-order valence-corrected chi connectivity index (χ1v) is 7.03. The molecule has 1 fully saturated rings. The summed E-state index contributed by atoms with van der Waals surface area (Å²) in [4.78, 5) is 4.67. The molecule has 1 N–H and O–H groups in total. The van der Waals surface area contributed by atoms with Crippen LogP contribution in [0.5, 0.6) is 0 Å². The fraction of sp³-hybridized carbons (Fsp3) is 0.533. The SMILES string of the molecule is Cn1c(CNCC2CCOCC2)nc2ccccc21. The molecule has 0 aliphatic carbocycles. The number of hydrogen-bond acceptors (Lipinski definition) is 3. The van der Waals surface area contributed by atoms with Crippen LogP contribution < -0.4 is 5.32 Å². The number of fused-ring (bicyclic) bond motifs is 1. The van der Waals surface area contributed by atoms with Gasteiger partial charge in [-0.2, -0.15) is 0 Å². The monoisotopic (exact) mass is 259 g/mol. The Morgan fingerprint density at radius 3 is 2.89 bits per heavy atom. The highest BCUT2D eigenvalue weighted by Gasteiger charge is 2.13. The van der Waals surface area contributed by atoms with Crippen molar-refractivity contribution in [2.45, 2.75) is 19.4 Å². The van der Waals surface area contributed by atoms with Crippen molar-refractivity contribution in [2.75, 3.05) is 19.8 Å². The van der Waals surface area contributed by atoms with Crippen molar-refractivity contribution in [1.82, 2.24) is 14.9 Å². The van der Waals surface area contributed by atoms with Crippen molar-refractivity contribution in [2.24, 2.45) is 13.0 Å². The summed E-state index contributed by atoms with van der Waals surface area (Å²) in [6, 6.07) is 8.28. The van der Waals surface area contributed by atoms with Crippen molar-refractivity contribution in [3.8, 4) is 0 Å². The normalized spacial score (nSPS) is 17.1. The molecule has 1 aliphatic heterocycles. The van der Waals surface area contributed by atoms with Gasteiger partial charge in [-0.3, -0.25) is 0 Å². The van der Waals surface area contributed by atoms with Crippen molar-refractivity contribution in [1.29, 1.82) is 0 Å². The van der Waals surface area contributed by atoms with Crippen LogP contribution in [0.15, 0.2) is 24.3 Å². The first-order chi connectivity index (χ1) is 9.34. The molecule has 4 nitrogen and oxygen atoms in total. The Hall–Kier alpha value is -1.39. The molecule has 4 heteroatoms. The van der Waals surface area contributed by atoms with Gasteiger partial charge in [0.25, 0.3) is 0 Å². The second kappa shape index (κ2) is 5.72. The molecule has 0 radical (unpaired) electrons. The predicted octanol–water partition coefficient (Wildman–Crippen LogP) is 2.09. The summed E-state index contributed by atoms with van der Waals surface area (Å²) >= 11 is 0. The van der Waals surface area contributed by atoms with Gasteiger partial charge in [-0.15, -0.1) is 0 Å². The maximum absolute atomic E-state index is 5.38. The quantitative estimate of drug-likeness (QED) is 0.914. The van der Waals surface area contributed by atoms with Crippen molar-refractivity contribution >= 4 is 11.0 Å². The topological polar surface area (TPSA) is 39.1 Å². The summed E-state index contributed by atoms with van der Waals surface area (Å²) in [5.41, 5.74) is 2.28. The molecule has 3 rings (SSSR count). The van der Waals surface area contributed by atoms with Crippen LogP contribution >= 0.6 is 0 Å². The molecule has 2 aromatic rings.